The molecule has 14 heavy (non-hydrogen) atoms. The smallest absolute Gasteiger partial charge is 0.0946 e. The van der Waals surface area contributed by atoms with Crippen LogP contribution < -0.4 is 5.32 Å². The van der Waals surface area contributed by atoms with E-state index in [2.05, 4.69) is 10.3 Å². The predicted molar refractivity (Wildman–Crippen MR) is 53.9 cm³/mol. The van der Waals surface area contributed by atoms with Crippen LogP contribution in [0.15, 0.2) is 12.5 Å². The van der Waals surface area contributed by atoms with Gasteiger partial charge in [-0.25, -0.2) is 4.98 Å². The van der Waals surface area contributed by atoms with Crippen molar-refractivity contribution in [2.75, 3.05) is 13.1 Å². The average molecular weight is 195 g/mol. The molecule has 1 unspecified atom stereocenters. The van der Waals surface area contributed by atoms with Gasteiger partial charge in [0.25, 0.3) is 0 Å². The minimum atomic E-state index is 0.374. The molecule has 0 bridgehead atoms. The Bertz CT molecular complexity index is 279. The summed E-state index contributed by atoms with van der Waals surface area (Å²) in [7, 11) is 1.99. The fraction of sp³-hybridized carbons (Fsp3) is 0.700. The number of piperidine rings is 1. The minimum Gasteiger partial charge on any atom is -0.371 e. The molecule has 1 aliphatic heterocycles. The molecule has 1 saturated heterocycles. The van der Waals surface area contributed by atoms with Gasteiger partial charge in [0.15, 0.2) is 0 Å². The third kappa shape index (κ3) is 2.33. The summed E-state index contributed by atoms with van der Waals surface area (Å²) in [6, 6.07) is 0. The highest BCUT2D eigenvalue weighted by Gasteiger charge is 2.13. The lowest BCUT2D eigenvalue weighted by molar-refractivity contribution is 0.0225. The Hall–Kier alpha value is -0.870. The fourth-order valence-electron chi connectivity index (χ4n) is 1.69. The highest BCUT2D eigenvalue weighted by molar-refractivity contribution is 4.95. The van der Waals surface area contributed by atoms with Gasteiger partial charge in [0.1, 0.15) is 0 Å². The van der Waals surface area contributed by atoms with Gasteiger partial charge in [-0.15, -0.1) is 0 Å². The summed E-state index contributed by atoms with van der Waals surface area (Å²) in [6.45, 7) is 2.78. The highest BCUT2D eigenvalue weighted by atomic mass is 16.5. The van der Waals surface area contributed by atoms with E-state index >= 15 is 0 Å². The van der Waals surface area contributed by atoms with E-state index < -0.39 is 0 Å². The Morgan fingerprint density at radius 1 is 1.71 bits per heavy atom. The molecule has 0 aromatic carbocycles. The first-order valence-electron chi connectivity index (χ1n) is 5.14. The maximum absolute atomic E-state index is 5.78. The summed E-state index contributed by atoms with van der Waals surface area (Å²) in [6.07, 6.45) is 6.42. The molecule has 1 fully saturated rings. The van der Waals surface area contributed by atoms with Gasteiger partial charge in [0, 0.05) is 13.6 Å². The number of nitrogens with zero attached hydrogens (tertiary/aromatic N) is 2. The normalized spacial score (nSPS) is 22.5. The first-order chi connectivity index (χ1) is 6.86. The molecular formula is C10H17N3O. The fourth-order valence-corrected chi connectivity index (χ4v) is 1.69. The molecule has 1 N–H and O–H groups in total. The lowest BCUT2D eigenvalue weighted by atomic mass is 10.1. The van der Waals surface area contributed by atoms with Crippen molar-refractivity contribution < 1.29 is 4.74 Å². The van der Waals surface area contributed by atoms with Crippen molar-refractivity contribution in [3.63, 3.8) is 0 Å². The Morgan fingerprint density at radius 2 is 2.64 bits per heavy atom. The van der Waals surface area contributed by atoms with Crippen LogP contribution in [0.1, 0.15) is 18.5 Å². The summed E-state index contributed by atoms with van der Waals surface area (Å²) in [5.41, 5.74) is 1.13. The molecule has 1 aromatic rings. The molecule has 1 aromatic heterocycles. The third-order valence-electron chi connectivity index (χ3n) is 2.64. The summed E-state index contributed by atoms with van der Waals surface area (Å²) in [5, 5.41) is 3.33. The molecule has 0 aliphatic carbocycles. The molecule has 0 amide bonds. The van der Waals surface area contributed by atoms with Gasteiger partial charge in [-0.05, 0) is 19.4 Å². The number of imidazole rings is 1. The monoisotopic (exact) mass is 195 g/mol. The van der Waals surface area contributed by atoms with Crippen molar-refractivity contribution in [2.24, 2.45) is 7.05 Å². The highest BCUT2D eigenvalue weighted by Crippen LogP contribution is 2.09. The first kappa shape index (κ1) is 9.68. The maximum Gasteiger partial charge on any atom is 0.0946 e. The molecule has 0 radical (unpaired) electrons. The second-order valence-corrected chi connectivity index (χ2v) is 3.78. The molecule has 4 nitrogen and oxygen atoms in total. The summed E-state index contributed by atoms with van der Waals surface area (Å²) < 4.78 is 7.78. The zero-order chi connectivity index (χ0) is 9.80. The van der Waals surface area contributed by atoms with Crippen molar-refractivity contribution in [3.05, 3.63) is 18.2 Å². The van der Waals surface area contributed by atoms with Crippen LogP contribution in [0.5, 0.6) is 0 Å². The number of nitrogens with one attached hydrogen (secondary N) is 1. The Labute approximate surface area is 84.3 Å². The maximum atomic E-state index is 5.78. The van der Waals surface area contributed by atoms with E-state index in [1.807, 2.05) is 17.8 Å². The Kier molecular flexibility index (Phi) is 3.16. The van der Waals surface area contributed by atoms with E-state index in [1.165, 1.54) is 12.8 Å². The average Bonchev–Trinajstić information content (AvgIpc) is 2.63. The summed E-state index contributed by atoms with van der Waals surface area (Å²) in [4.78, 5) is 4.05. The third-order valence-corrected chi connectivity index (χ3v) is 2.64. The predicted octanol–water partition coefficient (Wildman–Crippen LogP) is 0.689. The van der Waals surface area contributed by atoms with Crippen LogP contribution in [0, 0.1) is 0 Å². The topological polar surface area (TPSA) is 39.1 Å². The van der Waals surface area contributed by atoms with Crippen LogP contribution in [0.4, 0.5) is 0 Å². The van der Waals surface area contributed by atoms with Gasteiger partial charge in [-0.3, -0.25) is 0 Å². The number of hydrogen-bond acceptors (Lipinski definition) is 3. The van der Waals surface area contributed by atoms with Gasteiger partial charge >= 0.3 is 0 Å². The second-order valence-electron chi connectivity index (χ2n) is 3.78. The lowest BCUT2D eigenvalue weighted by Crippen LogP contribution is -2.35. The number of ether oxygens (including phenoxy) is 1. The van der Waals surface area contributed by atoms with E-state index in [-0.39, 0.29) is 0 Å². The Morgan fingerprint density at radius 3 is 3.29 bits per heavy atom. The number of aryl methyl sites for hydroxylation is 1. The molecule has 2 heterocycles. The zero-order valence-electron chi connectivity index (χ0n) is 8.57. The molecular weight excluding hydrogens is 178 g/mol. The molecule has 2 rings (SSSR count). The van der Waals surface area contributed by atoms with Crippen LogP contribution in [0.25, 0.3) is 0 Å². The van der Waals surface area contributed by atoms with Crippen LogP contribution >= 0.6 is 0 Å². The van der Waals surface area contributed by atoms with E-state index in [9.17, 15) is 0 Å². The van der Waals surface area contributed by atoms with Crippen LogP contribution in [0.3, 0.4) is 0 Å². The van der Waals surface area contributed by atoms with Gasteiger partial charge in [-0.2, -0.15) is 0 Å². The van der Waals surface area contributed by atoms with Gasteiger partial charge in [0.2, 0.25) is 0 Å². The molecule has 0 spiro atoms. The Balaban J connectivity index is 1.79. The van der Waals surface area contributed by atoms with E-state index in [1.54, 1.807) is 6.33 Å². The van der Waals surface area contributed by atoms with Gasteiger partial charge in [-0.1, -0.05) is 0 Å². The second kappa shape index (κ2) is 4.57. The van der Waals surface area contributed by atoms with Crippen LogP contribution in [0.2, 0.25) is 0 Å². The molecule has 4 heteroatoms. The van der Waals surface area contributed by atoms with Crippen LogP contribution in [-0.4, -0.2) is 28.7 Å². The number of hydrogen-bond donors (Lipinski definition) is 1. The zero-order valence-corrected chi connectivity index (χ0v) is 8.57. The van der Waals surface area contributed by atoms with Gasteiger partial charge < -0.3 is 14.6 Å². The largest absolute Gasteiger partial charge is 0.371 e. The standard InChI is InChI=1S/C10H17N3O/c1-13-8-12-5-9(13)7-14-10-3-2-4-11-6-10/h5,8,10-11H,2-4,6-7H2,1H3. The van der Waals surface area contributed by atoms with Crippen molar-refractivity contribution in [3.8, 4) is 0 Å². The number of rotatable bonds is 3. The SMILES string of the molecule is Cn1cncc1COC1CCCNC1. The molecule has 0 saturated carbocycles. The minimum absolute atomic E-state index is 0.374. The quantitative estimate of drug-likeness (QED) is 0.771. The lowest BCUT2D eigenvalue weighted by Gasteiger charge is -2.22. The van der Waals surface area contributed by atoms with Crippen molar-refractivity contribution in [1.82, 2.24) is 14.9 Å². The summed E-state index contributed by atoms with van der Waals surface area (Å²) in [5.74, 6) is 0. The van der Waals surface area contributed by atoms with E-state index in [0.717, 1.165) is 18.8 Å². The van der Waals surface area contributed by atoms with E-state index in [0.29, 0.717) is 12.7 Å². The van der Waals surface area contributed by atoms with E-state index in [4.69, 9.17) is 4.74 Å². The molecule has 1 aliphatic rings. The number of aromatic nitrogens is 2. The summed E-state index contributed by atoms with van der Waals surface area (Å²) >= 11 is 0. The van der Waals surface area contributed by atoms with Crippen molar-refractivity contribution in [2.45, 2.75) is 25.6 Å². The van der Waals surface area contributed by atoms with Crippen molar-refractivity contribution in [1.29, 1.82) is 0 Å². The molecule has 1 atom stereocenters. The van der Waals surface area contributed by atoms with Crippen molar-refractivity contribution >= 4 is 0 Å². The first-order valence-corrected chi connectivity index (χ1v) is 5.14. The van der Waals surface area contributed by atoms with Crippen LogP contribution in [-0.2, 0) is 18.4 Å². The van der Waals surface area contributed by atoms with Gasteiger partial charge in [0.05, 0.1) is 30.9 Å². The molecule has 78 valence electrons.